The van der Waals surface area contributed by atoms with Gasteiger partial charge in [0, 0.05) is 6.08 Å². The van der Waals surface area contributed by atoms with Crippen LogP contribution in [0.3, 0.4) is 0 Å². The quantitative estimate of drug-likeness (QED) is 0.394. The third kappa shape index (κ3) is 9620. The Hall–Kier alpha value is -0.860. The van der Waals surface area contributed by atoms with Gasteiger partial charge in [-0.15, -0.1) is 0 Å². The van der Waals surface area contributed by atoms with Gasteiger partial charge in [0.25, 0.3) is 10.1 Å². The van der Waals surface area contributed by atoms with Gasteiger partial charge >= 0.3 is 0 Å². The molecule has 0 spiro atoms. The van der Waals surface area contributed by atoms with Gasteiger partial charge in [-0.25, -0.2) is 0 Å². The Morgan fingerprint density at radius 3 is 1.89 bits per heavy atom. The van der Waals surface area contributed by atoms with Gasteiger partial charge in [0.05, 0.1) is 12.3 Å². The minimum atomic E-state index is -3.67. The summed E-state index contributed by atoms with van der Waals surface area (Å²) in [4.78, 5) is 0. The van der Waals surface area contributed by atoms with Crippen molar-refractivity contribution in [3.8, 4) is 6.07 Å². The summed E-state index contributed by atoms with van der Waals surface area (Å²) in [7, 11) is -3.67. The first-order valence-electron chi connectivity index (χ1n) is 1.84. The molecule has 0 aliphatic rings. The van der Waals surface area contributed by atoms with Crippen LogP contribution in [0.15, 0.2) is 12.7 Å². The molecule has 0 heterocycles. The number of nitrogens with zero attached hydrogens (tertiary/aromatic N) is 1. The van der Waals surface area contributed by atoms with E-state index in [-0.39, 0.29) is 0 Å². The Bertz CT molecular complexity index is 190. The molecule has 0 aromatic heterocycles. The van der Waals surface area contributed by atoms with Crippen LogP contribution in [-0.4, -0.2) is 19.2 Å². The summed E-state index contributed by atoms with van der Waals surface area (Å²) in [6.07, 6.45) is 1.90. The second kappa shape index (κ2) is 5.28. The number of hydrogen-bond donors (Lipinski definition) is 1. The molecule has 5 heteroatoms. The van der Waals surface area contributed by atoms with Crippen molar-refractivity contribution >= 4 is 10.1 Å². The molecule has 0 radical (unpaired) electrons. The summed E-state index contributed by atoms with van der Waals surface area (Å²) < 4.78 is 25.9. The molecule has 0 aliphatic heterocycles. The first-order valence-corrected chi connectivity index (χ1v) is 3.69. The molecular weight excluding hydrogens is 142 g/mol. The largest absolute Gasteiger partial charge is 0.286 e. The van der Waals surface area contributed by atoms with E-state index in [1.807, 2.05) is 0 Å². The molecule has 0 aromatic rings. The maximum atomic E-state index is 9.19. The highest BCUT2D eigenvalue weighted by Gasteiger charge is 1.81. The number of hydrogen-bond acceptors (Lipinski definition) is 3. The van der Waals surface area contributed by atoms with E-state index in [4.69, 9.17) is 9.81 Å². The average molecular weight is 149 g/mol. The number of allylic oxidation sites excluding steroid dienone is 1. The molecule has 52 valence electrons. The Labute approximate surface area is 54.2 Å². The molecule has 0 saturated heterocycles. The summed E-state index contributed by atoms with van der Waals surface area (Å²) in [6.45, 7) is 3.12. The second-order valence-corrected chi connectivity index (χ2v) is 2.53. The lowest BCUT2D eigenvalue weighted by Crippen LogP contribution is -1.88. The Morgan fingerprint density at radius 1 is 1.78 bits per heavy atom. The van der Waals surface area contributed by atoms with Gasteiger partial charge in [0.15, 0.2) is 0 Å². The van der Waals surface area contributed by atoms with Gasteiger partial charge in [-0.1, -0.05) is 6.58 Å². The van der Waals surface area contributed by atoms with E-state index in [0.717, 1.165) is 0 Å². The van der Waals surface area contributed by atoms with Gasteiger partial charge < -0.3 is 0 Å². The van der Waals surface area contributed by atoms with Gasteiger partial charge in [0.2, 0.25) is 0 Å². The lowest BCUT2D eigenvalue weighted by atomic mass is 10.8. The Kier molecular flexibility index (Phi) is 6.46. The van der Waals surface area contributed by atoms with Crippen molar-refractivity contribution in [3.63, 3.8) is 0 Å². The smallest absolute Gasteiger partial charge is 0.261 e. The van der Waals surface area contributed by atoms with Crippen LogP contribution in [-0.2, 0) is 10.1 Å². The van der Waals surface area contributed by atoms with Crippen molar-refractivity contribution in [3.05, 3.63) is 12.7 Å². The van der Waals surface area contributed by atoms with Crippen molar-refractivity contribution in [2.45, 2.75) is 0 Å². The normalized spacial score (nSPS) is 8.11. The van der Waals surface area contributed by atoms with Crippen LogP contribution in [0.1, 0.15) is 0 Å². The lowest BCUT2D eigenvalue weighted by molar-refractivity contribution is 0.490. The van der Waals surface area contributed by atoms with Crippen LogP contribution in [0.2, 0.25) is 0 Å². The fourth-order valence-corrected chi connectivity index (χ4v) is 0. The van der Waals surface area contributed by atoms with E-state index >= 15 is 0 Å². The Balaban J connectivity index is 0. The minimum Gasteiger partial charge on any atom is -0.286 e. The topological polar surface area (TPSA) is 78.2 Å². The predicted octanol–water partition coefficient (Wildman–Crippen LogP) is 0.200. The van der Waals surface area contributed by atoms with E-state index in [2.05, 4.69) is 6.58 Å². The SMILES string of the molecule is C=CC#N.CS(=O)(=O)O. The van der Waals surface area contributed by atoms with E-state index in [1.54, 1.807) is 6.07 Å². The maximum absolute atomic E-state index is 9.19. The molecular formula is C4H7NO3S. The molecule has 0 aliphatic carbocycles. The van der Waals surface area contributed by atoms with E-state index in [1.165, 1.54) is 6.08 Å². The standard InChI is InChI=1S/C3H3N.CH4O3S/c1-2-3-4;1-5(2,3)4/h2H,1H2;1H3,(H,2,3,4). The van der Waals surface area contributed by atoms with Gasteiger partial charge in [0.1, 0.15) is 0 Å². The summed E-state index contributed by atoms with van der Waals surface area (Å²) in [6, 6.07) is 1.69. The zero-order chi connectivity index (χ0) is 7.91. The summed E-state index contributed by atoms with van der Waals surface area (Å²) in [5, 5.41) is 7.51. The summed E-state index contributed by atoms with van der Waals surface area (Å²) in [5.74, 6) is 0. The van der Waals surface area contributed by atoms with Crippen molar-refractivity contribution in [2.75, 3.05) is 6.26 Å². The third-order valence-electron chi connectivity index (χ3n) is 0.0913. The van der Waals surface area contributed by atoms with Gasteiger partial charge in [-0.3, -0.25) is 4.55 Å². The van der Waals surface area contributed by atoms with Crippen LogP contribution < -0.4 is 0 Å². The summed E-state index contributed by atoms with van der Waals surface area (Å²) >= 11 is 0. The highest BCUT2D eigenvalue weighted by atomic mass is 32.2. The van der Waals surface area contributed by atoms with Crippen LogP contribution in [0.25, 0.3) is 0 Å². The molecule has 0 fully saturated rings. The monoisotopic (exact) mass is 149 g/mol. The molecule has 4 nitrogen and oxygen atoms in total. The minimum absolute atomic E-state index is 0.715. The van der Waals surface area contributed by atoms with Crippen LogP contribution >= 0.6 is 0 Å². The second-order valence-electron chi connectivity index (χ2n) is 1.07. The highest BCUT2D eigenvalue weighted by molar-refractivity contribution is 7.85. The fourth-order valence-electron chi connectivity index (χ4n) is 0. The molecule has 0 saturated carbocycles. The first-order chi connectivity index (χ1) is 3.91. The molecule has 9 heavy (non-hydrogen) atoms. The van der Waals surface area contributed by atoms with Crippen molar-refractivity contribution in [1.29, 1.82) is 5.26 Å². The predicted molar refractivity (Wildman–Crippen MR) is 33.3 cm³/mol. The maximum Gasteiger partial charge on any atom is 0.261 e. The van der Waals surface area contributed by atoms with E-state index in [9.17, 15) is 8.42 Å². The highest BCUT2D eigenvalue weighted by Crippen LogP contribution is 1.60. The van der Waals surface area contributed by atoms with Gasteiger partial charge in [-0.05, 0) is 0 Å². The molecule has 0 rings (SSSR count). The summed E-state index contributed by atoms with van der Waals surface area (Å²) in [5.41, 5.74) is 0. The molecule has 0 bridgehead atoms. The third-order valence-corrected chi connectivity index (χ3v) is 0.0913. The molecule has 1 N–H and O–H groups in total. The van der Waals surface area contributed by atoms with Crippen LogP contribution in [0.5, 0.6) is 0 Å². The van der Waals surface area contributed by atoms with Crippen molar-refractivity contribution < 1.29 is 13.0 Å². The fraction of sp³-hybridized carbons (Fsp3) is 0.250. The first kappa shape index (κ1) is 11.0. The van der Waals surface area contributed by atoms with E-state index in [0.29, 0.717) is 6.26 Å². The van der Waals surface area contributed by atoms with Gasteiger partial charge in [-0.2, -0.15) is 13.7 Å². The van der Waals surface area contributed by atoms with Crippen LogP contribution in [0, 0.1) is 11.3 Å². The number of rotatable bonds is 0. The molecule has 0 atom stereocenters. The zero-order valence-corrected chi connectivity index (χ0v) is 5.72. The van der Waals surface area contributed by atoms with Crippen molar-refractivity contribution in [2.24, 2.45) is 0 Å². The molecule has 0 amide bonds. The molecule has 0 unspecified atom stereocenters. The average Bonchev–Trinajstić information content (AvgIpc) is 1.61. The lowest BCUT2D eigenvalue weighted by Gasteiger charge is -1.69. The van der Waals surface area contributed by atoms with E-state index < -0.39 is 10.1 Å². The molecule has 0 aromatic carbocycles. The zero-order valence-electron chi connectivity index (χ0n) is 4.90. The Morgan fingerprint density at radius 2 is 1.89 bits per heavy atom. The van der Waals surface area contributed by atoms with Crippen LogP contribution in [0.4, 0.5) is 0 Å². The van der Waals surface area contributed by atoms with Crippen molar-refractivity contribution in [1.82, 2.24) is 0 Å². The number of nitriles is 1.